The first-order valence-corrected chi connectivity index (χ1v) is 5.86. The van der Waals surface area contributed by atoms with Gasteiger partial charge >= 0.3 is 6.18 Å². The Morgan fingerprint density at radius 3 is 2.59 bits per heavy atom. The molecule has 2 N–H and O–H groups in total. The number of nitrogens with two attached hydrogens (primary N) is 1. The average molecular weight is 241 g/mol. The van der Waals surface area contributed by atoms with Gasteiger partial charge in [-0.25, -0.2) is 0 Å². The first-order chi connectivity index (χ1) is 7.92. The summed E-state index contributed by atoms with van der Waals surface area (Å²) in [5.74, 6) is 0. The number of fused-ring (bicyclic) bond motifs is 1. The van der Waals surface area contributed by atoms with E-state index < -0.39 is 11.7 Å². The molecule has 0 amide bonds. The topological polar surface area (TPSA) is 26.0 Å². The van der Waals surface area contributed by atoms with Gasteiger partial charge in [-0.05, 0) is 48.3 Å². The zero-order valence-corrected chi connectivity index (χ0v) is 9.35. The number of hydrogen-bond donors (Lipinski definition) is 1. The molecule has 17 heavy (non-hydrogen) atoms. The Balaban J connectivity index is 2.05. The summed E-state index contributed by atoms with van der Waals surface area (Å²) in [6.45, 7) is 0. The van der Waals surface area contributed by atoms with Crippen LogP contribution >= 0.6 is 0 Å². The normalized spacial score (nSPS) is 31.4. The third-order valence-corrected chi connectivity index (χ3v) is 4.25. The molecule has 0 bridgehead atoms. The molecule has 2 aliphatic carbocycles. The lowest BCUT2D eigenvalue weighted by Crippen LogP contribution is -2.25. The minimum atomic E-state index is -4.25. The van der Waals surface area contributed by atoms with Crippen molar-refractivity contribution in [3.05, 3.63) is 34.9 Å². The zero-order valence-electron chi connectivity index (χ0n) is 9.35. The van der Waals surface area contributed by atoms with Crippen LogP contribution in [0.2, 0.25) is 0 Å². The third kappa shape index (κ3) is 1.66. The molecule has 0 saturated heterocycles. The van der Waals surface area contributed by atoms with Gasteiger partial charge in [-0.1, -0.05) is 12.1 Å². The van der Waals surface area contributed by atoms with Crippen molar-refractivity contribution >= 4 is 0 Å². The fraction of sp³-hybridized carbons (Fsp3) is 0.538. The highest BCUT2D eigenvalue weighted by Crippen LogP contribution is 2.55. The first-order valence-electron chi connectivity index (χ1n) is 5.86. The largest absolute Gasteiger partial charge is 0.416 e. The fourth-order valence-electron chi connectivity index (χ4n) is 3.04. The SMILES string of the molecule is NC1CC12CCc1cccc(C(F)(F)F)c1C2. The number of alkyl halides is 3. The molecule has 1 saturated carbocycles. The Hall–Kier alpha value is -1.03. The van der Waals surface area contributed by atoms with Gasteiger partial charge in [0.2, 0.25) is 0 Å². The molecule has 92 valence electrons. The summed E-state index contributed by atoms with van der Waals surface area (Å²) in [6, 6.07) is 4.60. The Labute approximate surface area is 97.8 Å². The molecule has 0 heterocycles. The van der Waals surface area contributed by atoms with E-state index in [0.29, 0.717) is 12.0 Å². The molecule has 4 heteroatoms. The van der Waals surface area contributed by atoms with Crippen molar-refractivity contribution in [2.75, 3.05) is 0 Å². The van der Waals surface area contributed by atoms with Gasteiger partial charge < -0.3 is 5.73 Å². The molecule has 0 aliphatic heterocycles. The average Bonchev–Trinajstić information content (AvgIpc) is 2.86. The summed E-state index contributed by atoms with van der Waals surface area (Å²) in [6.07, 6.45) is -1.21. The smallest absolute Gasteiger partial charge is 0.327 e. The highest BCUT2D eigenvalue weighted by molar-refractivity contribution is 5.41. The Bertz CT molecular complexity index is 466. The van der Waals surface area contributed by atoms with Gasteiger partial charge in [0.25, 0.3) is 0 Å². The van der Waals surface area contributed by atoms with E-state index in [0.717, 1.165) is 24.8 Å². The minimum Gasteiger partial charge on any atom is -0.327 e. The van der Waals surface area contributed by atoms with Crippen molar-refractivity contribution in [2.24, 2.45) is 11.1 Å². The van der Waals surface area contributed by atoms with Crippen LogP contribution in [0.4, 0.5) is 13.2 Å². The van der Waals surface area contributed by atoms with E-state index in [9.17, 15) is 13.2 Å². The summed E-state index contributed by atoms with van der Waals surface area (Å²) in [5.41, 5.74) is 6.71. The third-order valence-electron chi connectivity index (χ3n) is 4.25. The van der Waals surface area contributed by atoms with Crippen LogP contribution in [0.5, 0.6) is 0 Å². The summed E-state index contributed by atoms with van der Waals surface area (Å²) in [7, 11) is 0. The summed E-state index contributed by atoms with van der Waals surface area (Å²) in [5, 5.41) is 0. The Morgan fingerprint density at radius 1 is 1.29 bits per heavy atom. The van der Waals surface area contributed by atoms with E-state index in [1.165, 1.54) is 12.1 Å². The van der Waals surface area contributed by atoms with Crippen molar-refractivity contribution in [3.63, 3.8) is 0 Å². The van der Waals surface area contributed by atoms with E-state index in [1.807, 2.05) is 6.07 Å². The molecular weight excluding hydrogens is 227 g/mol. The van der Waals surface area contributed by atoms with Crippen molar-refractivity contribution in [2.45, 2.75) is 37.9 Å². The van der Waals surface area contributed by atoms with Crippen LogP contribution in [0.15, 0.2) is 18.2 Å². The molecule has 2 aliphatic rings. The lowest BCUT2D eigenvalue weighted by Gasteiger charge is -2.27. The van der Waals surface area contributed by atoms with Gasteiger partial charge in [-0.3, -0.25) is 0 Å². The molecule has 1 nitrogen and oxygen atoms in total. The second kappa shape index (κ2) is 3.25. The van der Waals surface area contributed by atoms with Gasteiger partial charge in [-0.2, -0.15) is 13.2 Å². The molecule has 1 spiro atoms. The maximum atomic E-state index is 12.9. The number of hydrogen-bond acceptors (Lipinski definition) is 1. The lowest BCUT2D eigenvalue weighted by molar-refractivity contribution is -0.138. The molecule has 1 fully saturated rings. The van der Waals surface area contributed by atoms with Gasteiger partial charge in [-0.15, -0.1) is 0 Å². The summed E-state index contributed by atoms with van der Waals surface area (Å²) in [4.78, 5) is 0. The second-order valence-corrected chi connectivity index (χ2v) is 5.29. The standard InChI is InChI=1S/C13H14F3N/c14-13(15,16)10-3-1-2-8-4-5-12(6-9(8)10)7-11(12)17/h1-3,11H,4-7,17H2. The molecular formula is C13H14F3N. The number of aryl methyl sites for hydroxylation is 1. The first kappa shape index (κ1) is 11.1. The van der Waals surface area contributed by atoms with E-state index in [-0.39, 0.29) is 11.5 Å². The Kier molecular flexibility index (Phi) is 2.12. The molecule has 0 radical (unpaired) electrons. The predicted octanol–water partition coefficient (Wildman–Crippen LogP) is 2.91. The van der Waals surface area contributed by atoms with Crippen molar-refractivity contribution < 1.29 is 13.2 Å². The minimum absolute atomic E-state index is 0.0334. The Morgan fingerprint density at radius 2 is 2.00 bits per heavy atom. The highest BCUT2D eigenvalue weighted by Gasteiger charge is 2.54. The molecule has 0 aromatic heterocycles. The van der Waals surface area contributed by atoms with E-state index in [1.54, 1.807) is 0 Å². The summed E-state index contributed by atoms with van der Waals surface area (Å²) < 4.78 is 38.7. The lowest BCUT2D eigenvalue weighted by atomic mass is 9.79. The van der Waals surface area contributed by atoms with Crippen LogP contribution in [-0.4, -0.2) is 6.04 Å². The van der Waals surface area contributed by atoms with Crippen molar-refractivity contribution in [3.8, 4) is 0 Å². The van der Waals surface area contributed by atoms with Crippen LogP contribution in [0.1, 0.15) is 29.5 Å². The van der Waals surface area contributed by atoms with E-state index in [4.69, 9.17) is 5.73 Å². The zero-order chi connectivity index (χ0) is 12.3. The van der Waals surface area contributed by atoms with Gasteiger partial charge in [0.15, 0.2) is 0 Å². The molecule has 1 aromatic carbocycles. The van der Waals surface area contributed by atoms with Crippen LogP contribution < -0.4 is 5.73 Å². The fourth-order valence-corrected chi connectivity index (χ4v) is 3.04. The second-order valence-electron chi connectivity index (χ2n) is 5.29. The van der Waals surface area contributed by atoms with E-state index in [2.05, 4.69) is 0 Å². The molecule has 2 unspecified atom stereocenters. The van der Waals surface area contributed by atoms with Crippen LogP contribution in [0.25, 0.3) is 0 Å². The van der Waals surface area contributed by atoms with Crippen LogP contribution in [0, 0.1) is 5.41 Å². The maximum absolute atomic E-state index is 12.9. The predicted molar refractivity (Wildman–Crippen MR) is 58.5 cm³/mol. The van der Waals surface area contributed by atoms with Crippen molar-refractivity contribution in [1.82, 2.24) is 0 Å². The highest BCUT2D eigenvalue weighted by atomic mass is 19.4. The van der Waals surface area contributed by atoms with E-state index >= 15 is 0 Å². The quantitative estimate of drug-likeness (QED) is 0.742. The van der Waals surface area contributed by atoms with Crippen molar-refractivity contribution in [1.29, 1.82) is 0 Å². The molecule has 2 atom stereocenters. The molecule has 3 rings (SSSR count). The van der Waals surface area contributed by atoms with Gasteiger partial charge in [0.1, 0.15) is 0 Å². The van der Waals surface area contributed by atoms with Gasteiger partial charge in [0.05, 0.1) is 5.56 Å². The van der Waals surface area contributed by atoms with Crippen LogP contribution in [-0.2, 0) is 19.0 Å². The van der Waals surface area contributed by atoms with Crippen LogP contribution in [0.3, 0.4) is 0 Å². The number of halogens is 3. The number of benzene rings is 1. The number of rotatable bonds is 0. The monoisotopic (exact) mass is 241 g/mol. The maximum Gasteiger partial charge on any atom is 0.416 e. The molecule has 1 aromatic rings. The summed E-state index contributed by atoms with van der Waals surface area (Å²) >= 11 is 0. The van der Waals surface area contributed by atoms with Gasteiger partial charge in [0, 0.05) is 6.04 Å².